The van der Waals surface area contributed by atoms with E-state index >= 15 is 0 Å². The number of non-ortho nitro benzene ring substituents is 1. The molecular weight excluding hydrogens is 508 g/mol. The van der Waals surface area contributed by atoms with Gasteiger partial charge in [-0.2, -0.15) is 3.96 Å². The molecule has 14 nitrogen and oxygen atoms in total. The topological polar surface area (TPSA) is 186 Å². The van der Waals surface area contributed by atoms with Crippen LogP contribution in [0.2, 0.25) is 0 Å². The molecule has 0 atom stereocenters. The SMILES string of the molecule is O=C(c1ccccc1)n1sc(=Nc2c([N+](=O)[O-])cc([N+](=O)[O-])cc2[N+](=O)[O-])n(Cc2ccccc2)c1=O. The molecule has 0 fully saturated rings. The zero-order valence-electron chi connectivity index (χ0n) is 18.5. The number of hydrogen-bond acceptors (Lipinski definition) is 10. The number of rotatable bonds is 7. The van der Waals surface area contributed by atoms with Crippen LogP contribution in [0.4, 0.5) is 22.7 Å². The van der Waals surface area contributed by atoms with E-state index in [-0.39, 0.29) is 16.9 Å². The van der Waals surface area contributed by atoms with E-state index in [2.05, 4.69) is 4.99 Å². The van der Waals surface area contributed by atoms with Crippen molar-refractivity contribution in [3.8, 4) is 0 Å². The second-order valence-electron chi connectivity index (χ2n) is 7.41. The molecule has 0 saturated carbocycles. The molecule has 0 bridgehead atoms. The molecule has 4 rings (SSSR count). The lowest BCUT2D eigenvalue weighted by Gasteiger charge is -2.03. The average Bonchev–Trinajstić information content (AvgIpc) is 3.18. The van der Waals surface area contributed by atoms with Gasteiger partial charge in [-0.25, -0.2) is 9.79 Å². The van der Waals surface area contributed by atoms with Crippen molar-refractivity contribution >= 4 is 40.2 Å². The van der Waals surface area contributed by atoms with Crippen molar-refractivity contribution in [2.45, 2.75) is 6.54 Å². The molecule has 0 amide bonds. The first-order chi connectivity index (χ1) is 17.7. The van der Waals surface area contributed by atoms with Gasteiger partial charge in [0, 0.05) is 5.56 Å². The van der Waals surface area contributed by atoms with Crippen molar-refractivity contribution in [3.63, 3.8) is 0 Å². The van der Waals surface area contributed by atoms with Gasteiger partial charge in [0.1, 0.15) is 0 Å². The van der Waals surface area contributed by atoms with Gasteiger partial charge in [0.2, 0.25) is 10.5 Å². The lowest BCUT2D eigenvalue weighted by Crippen LogP contribution is -2.32. The summed E-state index contributed by atoms with van der Waals surface area (Å²) >= 11 is 0.526. The van der Waals surface area contributed by atoms with Crippen molar-refractivity contribution < 1.29 is 19.6 Å². The van der Waals surface area contributed by atoms with E-state index in [9.17, 15) is 39.9 Å². The highest BCUT2D eigenvalue weighted by Crippen LogP contribution is 2.40. The minimum Gasteiger partial charge on any atom is -0.267 e. The summed E-state index contributed by atoms with van der Waals surface area (Å²) in [4.78, 5) is 61.5. The third kappa shape index (κ3) is 5.06. The second-order valence-corrected chi connectivity index (χ2v) is 8.32. The third-order valence-electron chi connectivity index (χ3n) is 5.06. The van der Waals surface area contributed by atoms with E-state index in [1.807, 2.05) is 0 Å². The minimum absolute atomic E-state index is 0.112. The molecule has 0 aliphatic rings. The zero-order chi connectivity index (χ0) is 26.7. The van der Waals surface area contributed by atoms with Gasteiger partial charge >= 0.3 is 17.1 Å². The molecule has 3 aromatic carbocycles. The quantitative estimate of drug-likeness (QED) is 0.261. The number of carbonyl (C=O) groups excluding carboxylic acids is 1. The second kappa shape index (κ2) is 10.1. The molecule has 1 heterocycles. The molecule has 0 aliphatic heterocycles. The van der Waals surface area contributed by atoms with Gasteiger partial charge in [0.25, 0.3) is 11.6 Å². The maximum Gasteiger partial charge on any atom is 0.347 e. The number of carbonyl (C=O) groups is 1. The highest BCUT2D eigenvalue weighted by Gasteiger charge is 2.31. The first-order valence-electron chi connectivity index (χ1n) is 10.3. The van der Waals surface area contributed by atoms with Gasteiger partial charge in [0.15, 0.2) is 0 Å². The highest BCUT2D eigenvalue weighted by atomic mass is 32.1. The van der Waals surface area contributed by atoms with Gasteiger partial charge in [-0.3, -0.25) is 39.7 Å². The Bertz CT molecular complexity index is 1640. The molecule has 0 N–H and O–H groups in total. The largest absolute Gasteiger partial charge is 0.347 e. The maximum absolute atomic E-state index is 13.3. The fourth-order valence-corrected chi connectivity index (χ4v) is 4.26. The molecule has 0 saturated heterocycles. The van der Waals surface area contributed by atoms with E-state index in [1.54, 1.807) is 48.5 Å². The Morgan fingerprint density at radius 1 is 0.838 bits per heavy atom. The van der Waals surface area contributed by atoms with Crippen LogP contribution >= 0.6 is 11.5 Å². The zero-order valence-corrected chi connectivity index (χ0v) is 19.3. The van der Waals surface area contributed by atoms with Crippen LogP contribution in [-0.4, -0.2) is 29.2 Å². The Labute approximate surface area is 209 Å². The highest BCUT2D eigenvalue weighted by molar-refractivity contribution is 7.04. The lowest BCUT2D eigenvalue weighted by atomic mass is 10.2. The van der Waals surface area contributed by atoms with E-state index in [1.165, 1.54) is 12.1 Å². The molecule has 15 heteroatoms. The van der Waals surface area contributed by atoms with Crippen LogP contribution in [0.3, 0.4) is 0 Å². The number of aromatic nitrogens is 2. The molecule has 186 valence electrons. The summed E-state index contributed by atoms with van der Waals surface area (Å²) in [5, 5.41) is 34.5. The van der Waals surface area contributed by atoms with Crippen molar-refractivity contribution in [1.82, 2.24) is 8.52 Å². The van der Waals surface area contributed by atoms with Gasteiger partial charge in [-0.15, -0.1) is 0 Å². The number of hydrogen-bond donors (Lipinski definition) is 0. The summed E-state index contributed by atoms with van der Waals surface area (Å²) in [5.41, 5.74) is -3.72. The van der Waals surface area contributed by atoms with Crippen LogP contribution in [0, 0.1) is 30.3 Å². The van der Waals surface area contributed by atoms with Crippen LogP contribution in [0.25, 0.3) is 0 Å². The Kier molecular flexibility index (Phi) is 6.79. The van der Waals surface area contributed by atoms with E-state index in [0.29, 0.717) is 29.2 Å². The lowest BCUT2D eigenvalue weighted by molar-refractivity contribution is -0.402. The Morgan fingerprint density at radius 2 is 1.38 bits per heavy atom. The van der Waals surface area contributed by atoms with Gasteiger partial charge in [0.05, 0.1) is 33.4 Å². The first kappa shape index (κ1) is 24.8. The van der Waals surface area contributed by atoms with Crippen LogP contribution in [0.5, 0.6) is 0 Å². The minimum atomic E-state index is -1.05. The van der Waals surface area contributed by atoms with Crippen LogP contribution < -0.4 is 10.5 Å². The summed E-state index contributed by atoms with van der Waals surface area (Å²) < 4.78 is 1.82. The summed E-state index contributed by atoms with van der Waals surface area (Å²) in [5.74, 6) is -0.702. The van der Waals surface area contributed by atoms with Crippen LogP contribution in [0.15, 0.2) is 82.6 Å². The molecule has 0 unspecified atom stereocenters. The summed E-state index contributed by atoms with van der Waals surface area (Å²) in [6.07, 6.45) is 0. The molecule has 37 heavy (non-hydrogen) atoms. The normalized spacial score (nSPS) is 11.3. The molecule has 0 radical (unpaired) electrons. The van der Waals surface area contributed by atoms with Crippen LogP contribution in [-0.2, 0) is 6.54 Å². The fraction of sp³-hybridized carbons (Fsp3) is 0.0455. The summed E-state index contributed by atoms with van der Waals surface area (Å²) in [6, 6.07) is 17.5. The fourth-order valence-electron chi connectivity index (χ4n) is 3.35. The predicted molar refractivity (Wildman–Crippen MR) is 130 cm³/mol. The number of nitro benzene ring substituents is 3. The molecular formula is C22H14N6O8S. The van der Waals surface area contributed by atoms with Gasteiger partial charge < -0.3 is 0 Å². The van der Waals surface area contributed by atoms with Crippen molar-refractivity contribution in [2.24, 2.45) is 4.99 Å². The molecule has 0 spiro atoms. The average molecular weight is 522 g/mol. The van der Waals surface area contributed by atoms with E-state index < -0.39 is 49.1 Å². The van der Waals surface area contributed by atoms with Crippen LogP contribution in [0.1, 0.15) is 15.9 Å². The summed E-state index contributed by atoms with van der Waals surface area (Å²) in [6.45, 7) is -0.112. The Balaban J connectivity index is 2.02. The first-order valence-corrected chi connectivity index (χ1v) is 11.1. The number of nitro groups is 3. The van der Waals surface area contributed by atoms with Gasteiger partial charge in [-0.05, 0) is 29.2 Å². The monoisotopic (exact) mass is 522 g/mol. The third-order valence-corrected chi connectivity index (χ3v) is 6.04. The maximum atomic E-state index is 13.3. The van der Waals surface area contributed by atoms with Gasteiger partial charge in [-0.1, -0.05) is 48.5 Å². The number of benzene rings is 3. The smallest absolute Gasteiger partial charge is 0.267 e. The Morgan fingerprint density at radius 3 is 1.89 bits per heavy atom. The molecule has 4 aromatic rings. The van der Waals surface area contributed by atoms with Crippen molar-refractivity contribution in [1.29, 1.82) is 0 Å². The molecule has 0 aliphatic carbocycles. The predicted octanol–water partition coefficient (Wildman–Crippen LogP) is 3.41. The summed E-state index contributed by atoms with van der Waals surface area (Å²) in [7, 11) is 0. The van der Waals surface area contributed by atoms with Crippen molar-refractivity contribution in [2.75, 3.05) is 0 Å². The molecule has 1 aromatic heterocycles. The Hall–Kier alpha value is -5.31. The van der Waals surface area contributed by atoms with Crippen molar-refractivity contribution in [3.05, 3.63) is 130 Å². The van der Waals surface area contributed by atoms with E-state index in [0.717, 1.165) is 8.52 Å². The van der Waals surface area contributed by atoms with E-state index in [4.69, 9.17) is 0 Å². The number of nitrogens with zero attached hydrogens (tertiary/aromatic N) is 6. The standard InChI is InChI=1S/C22H14N6O8S/c29-20(15-9-5-2-6-10-15)25-22(30)24(13-14-7-3-1-4-8-14)21(37-25)23-19-17(27(33)34)11-16(26(31)32)12-18(19)28(35)36/h1-12H,13H2.